The first-order chi connectivity index (χ1) is 16.5. The third kappa shape index (κ3) is 5.62. The second kappa shape index (κ2) is 9.66. The van der Waals surface area contributed by atoms with E-state index in [1.54, 1.807) is 11.0 Å². The number of aromatic nitrogens is 2. The standard InChI is InChI=1S/C25H31FN6O3/c1-15-22(30-20-8-7-18(27-5)9-19(20)26)28-14-29-23(15)34-21-16-10-31(6)11-17(21)13-32(12-16)24(33)35-25(2,3)4/h7-9,14,16-17,21H,10-13H2,1-4,6H3,(H,28,29,30). The minimum absolute atomic E-state index is 0.0874. The minimum atomic E-state index is -0.548. The topological polar surface area (TPSA) is 84.2 Å². The van der Waals surface area contributed by atoms with Crippen LogP contribution in [0.3, 0.4) is 0 Å². The number of carbonyl (C=O) groups excluding carboxylic acids is 1. The van der Waals surface area contributed by atoms with Crippen molar-refractivity contribution in [2.75, 3.05) is 38.5 Å². The summed E-state index contributed by atoms with van der Waals surface area (Å²) in [6, 6.07) is 4.24. The number of rotatable bonds is 4. The fraction of sp³-hybridized carbons (Fsp3) is 0.520. The predicted octanol–water partition coefficient (Wildman–Crippen LogP) is 4.39. The van der Waals surface area contributed by atoms with Gasteiger partial charge in [-0.2, -0.15) is 0 Å². The lowest BCUT2D eigenvalue weighted by Crippen LogP contribution is -2.62. The van der Waals surface area contributed by atoms with Crippen molar-refractivity contribution in [3.05, 3.63) is 47.3 Å². The highest BCUT2D eigenvalue weighted by Gasteiger charge is 2.45. The van der Waals surface area contributed by atoms with Gasteiger partial charge in [-0.3, -0.25) is 0 Å². The lowest BCUT2D eigenvalue weighted by molar-refractivity contribution is -0.0652. The first-order valence-electron chi connectivity index (χ1n) is 11.6. The van der Waals surface area contributed by atoms with Crippen LogP contribution in [0.5, 0.6) is 5.88 Å². The van der Waals surface area contributed by atoms with E-state index in [2.05, 4.69) is 32.1 Å². The van der Waals surface area contributed by atoms with Gasteiger partial charge in [0.2, 0.25) is 5.88 Å². The van der Waals surface area contributed by atoms with Crippen LogP contribution in [-0.2, 0) is 4.74 Å². The average molecular weight is 483 g/mol. The van der Waals surface area contributed by atoms with E-state index in [1.165, 1.54) is 18.5 Å². The Morgan fingerprint density at radius 2 is 1.89 bits per heavy atom. The van der Waals surface area contributed by atoms with E-state index in [0.717, 1.165) is 13.1 Å². The molecule has 186 valence electrons. The SMILES string of the molecule is [C-]#[N+]c1ccc(Nc2ncnc(OC3C4CN(C)CC3CN(C(=O)OC(C)(C)C)C4)c2C)c(F)c1. The van der Waals surface area contributed by atoms with Gasteiger partial charge in [-0.25, -0.2) is 24.0 Å². The fourth-order valence-corrected chi connectivity index (χ4v) is 4.71. The Bertz CT molecular complexity index is 1130. The highest BCUT2D eigenvalue weighted by molar-refractivity contribution is 5.68. The first-order valence-corrected chi connectivity index (χ1v) is 11.6. The van der Waals surface area contributed by atoms with Crippen molar-refractivity contribution < 1.29 is 18.7 Å². The van der Waals surface area contributed by atoms with Crippen molar-refractivity contribution in [1.82, 2.24) is 19.8 Å². The van der Waals surface area contributed by atoms with Gasteiger partial charge in [0.15, 0.2) is 5.69 Å². The van der Waals surface area contributed by atoms with Gasteiger partial charge >= 0.3 is 6.09 Å². The summed E-state index contributed by atoms with van der Waals surface area (Å²) in [5.41, 5.74) is 0.551. The molecular formula is C25H31FN6O3. The van der Waals surface area contributed by atoms with Crippen LogP contribution in [0.1, 0.15) is 26.3 Å². The molecule has 2 aromatic rings. The normalized spacial score (nSPS) is 22.3. The molecule has 35 heavy (non-hydrogen) atoms. The molecule has 2 unspecified atom stereocenters. The molecule has 2 bridgehead atoms. The molecule has 0 spiro atoms. The van der Waals surface area contributed by atoms with Gasteiger partial charge < -0.3 is 24.6 Å². The number of halogens is 1. The second-order valence-corrected chi connectivity index (χ2v) is 10.3. The van der Waals surface area contributed by atoms with Gasteiger partial charge in [-0.1, -0.05) is 6.07 Å². The van der Waals surface area contributed by atoms with Gasteiger partial charge in [0.05, 0.1) is 17.8 Å². The Morgan fingerprint density at radius 1 is 1.20 bits per heavy atom. The van der Waals surface area contributed by atoms with Crippen molar-refractivity contribution in [1.29, 1.82) is 0 Å². The summed E-state index contributed by atoms with van der Waals surface area (Å²) >= 11 is 0. The zero-order chi connectivity index (χ0) is 25.3. The smallest absolute Gasteiger partial charge is 0.410 e. The van der Waals surface area contributed by atoms with E-state index in [0.29, 0.717) is 30.4 Å². The number of benzene rings is 1. The van der Waals surface area contributed by atoms with Gasteiger partial charge in [0.1, 0.15) is 29.7 Å². The molecule has 3 heterocycles. The van der Waals surface area contributed by atoms with Crippen LogP contribution in [0.25, 0.3) is 4.85 Å². The van der Waals surface area contributed by atoms with Crippen molar-refractivity contribution in [2.45, 2.75) is 39.4 Å². The Kier molecular flexibility index (Phi) is 6.81. The van der Waals surface area contributed by atoms with Crippen LogP contribution >= 0.6 is 0 Å². The average Bonchev–Trinajstić information content (AvgIpc) is 2.76. The summed E-state index contributed by atoms with van der Waals surface area (Å²) < 4.78 is 26.4. The fourth-order valence-electron chi connectivity index (χ4n) is 4.71. The van der Waals surface area contributed by atoms with Gasteiger partial charge in [0.25, 0.3) is 0 Å². The predicted molar refractivity (Wildman–Crippen MR) is 129 cm³/mol. The van der Waals surface area contributed by atoms with Crippen molar-refractivity contribution in [3.8, 4) is 5.88 Å². The zero-order valence-corrected chi connectivity index (χ0v) is 20.7. The van der Waals surface area contributed by atoms with E-state index in [4.69, 9.17) is 16.0 Å². The molecule has 1 aromatic heterocycles. The third-order valence-corrected chi connectivity index (χ3v) is 6.20. The molecule has 2 atom stereocenters. The Morgan fingerprint density at radius 3 is 2.49 bits per heavy atom. The summed E-state index contributed by atoms with van der Waals surface area (Å²) in [5.74, 6) is 0.494. The summed E-state index contributed by atoms with van der Waals surface area (Å²) in [6.07, 6.45) is 0.959. The van der Waals surface area contributed by atoms with Crippen molar-refractivity contribution in [3.63, 3.8) is 0 Å². The highest BCUT2D eigenvalue weighted by atomic mass is 19.1. The summed E-state index contributed by atoms with van der Waals surface area (Å²) in [6.45, 7) is 17.1. The Hall–Kier alpha value is -3.45. The number of carbonyl (C=O) groups is 1. The number of amides is 1. The van der Waals surface area contributed by atoms with Gasteiger partial charge in [-0.05, 0) is 46.9 Å². The van der Waals surface area contributed by atoms with Gasteiger partial charge in [0, 0.05) is 38.0 Å². The molecule has 1 amide bonds. The number of ether oxygens (including phenoxy) is 2. The molecule has 9 nitrogen and oxygen atoms in total. The van der Waals surface area contributed by atoms with Crippen LogP contribution in [0.15, 0.2) is 24.5 Å². The monoisotopic (exact) mass is 482 g/mol. The molecule has 1 aromatic carbocycles. The second-order valence-electron chi connectivity index (χ2n) is 10.3. The summed E-state index contributed by atoms with van der Waals surface area (Å²) in [7, 11) is 2.07. The maximum atomic E-state index is 14.4. The number of nitrogens with zero attached hydrogens (tertiary/aromatic N) is 5. The van der Waals surface area contributed by atoms with Crippen LogP contribution in [0.4, 0.5) is 26.4 Å². The number of nitrogens with one attached hydrogen (secondary N) is 1. The largest absolute Gasteiger partial charge is 0.473 e. The number of fused-ring (bicyclic) bond motifs is 2. The van der Waals surface area contributed by atoms with Crippen LogP contribution in [-0.4, -0.2) is 70.8 Å². The molecule has 0 radical (unpaired) electrons. The molecule has 2 saturated heterocycles. The van der Waals surface area contributed by atoms with Crippen molar-refractivity contribution >= 4 is 23.3 Å². The number of hydrogen-bond donors (Lipinski definition) is 1. The van der Waals surface area contributed by atoms with Crippen LogP contribution < -0.4 is 10.1 Å². The van der Waals surface area contributed by atoms with E-state index in [1.807, 2.05) is 27.7 Å². The molecule has 2 aliphatic heterocycles. The molecule has 2 aliphatic rings. The van der Waals surface area contributed by atoms with Crippen LogP contribution in [0, 0.1) is 31.1 Å². The number of hydrogen-bond acceptors (Lipinski definition) is 7. The Labute approximate surface area is 205 Å². The Balaban J connectivity index is 1.51. The van der Waals surface area contributed by atoms with E-state index in [9.17, 15) is 9.18 Å². The third-order valence-electron chi connectivity index (χ3n) is 6.20. The maximum Gasteiger partial charge on any atom is 0.410 e. The number of piperidine rings is 2. The summed E-state index contributed by atoms with van der Waals surface area (Å²) in [4.78, 5) is 28.6. The zero-order valence-electron chi connectivity index (χ0n) is 20.7. The molecule has 4 rings (SSSR count). The lowest BCUT2D eigenvalue weighted by atomic mass is 9.81. The van der Waals surface area contributed by atoms with Crippen LogP contribution in [0.2, 0.25) is 0 Å². The van der Waals surface area contributed by atoms with E-state index in [-0.39, 0.29) is 35.4 Å². The summed E-state index contributed by atoms with van der Waals surface area (Å²) in [5, 5.41) is 2.98. The molecule has 2 fully saturated rings. The molecule has 0 aliphatic carbocycles. The van der Waals surface area contributed by atoms with E-state index >= 15 is 0 Å². The maximum absolute atomic E-state index is 14.4. The lowest BCUT2D eigenvalue weighted by Gasteiger charge is -2.49. The quantitative estimate of drug-likeness (QED) is 0.647. The molecular weight excluding hydrogens is 451 g/mol. The number of likely N-dealkylation sites (tertiary alicyclic amines) is 2. The van der Waals surface area contributed by atoms with E-state index < -0.39 is 11.4 Å². The molecule has 10 heteroatoms. The molecule has 1 N–H and O–H groups in total. The minimum Gasteiger partial charge on any atom is -0.473 e. The highest BCUT2D eigenvalue weighted by Crippen LogP contribution is 2.34. The molecule has 0 saturated carbocycles. The van der Waals surface area contributed by atoms with Gasteiger partial charge in [-0.15, -0.1) is 0 Å². The number of anilines is 2. The van der Waals surface area contributed by atoms with Crippen molar-refractivity contribution in [2.24, 2.45) is 11.8 Å². The first kappa shape index (κ1) is 24.7.